The molecule has 1 atom stereocenters. The summed E-state index contributed by atoms with van der Waals surface area (Å²) < 4.78 is 0. The number of hydrogen-bond donors (Lipinski definition) is 2. The summed E-state index contributed by atoms with van der Waals surface area (Å²) in [7, 11) is 0. The van der Waals surface area contributed by atoms with E-state index >= 15 is 0 Å². The Morgan fingerprint density at radius 1 is 1.36 bits per heavy atom. The Hall–Kier alpha value is -1.81. The molecule has 4 heteroatoms. The minimum atomic E-state index is 0.541. The van der Waals surface area contributed by atoms with Crippen molar-refractivity contribution in [2.75, 3.05) is 26.2 Å². The fraction of sp³-hybridized carbons (Fsp3) is 0.500. The Bertz CT molecular complexity index is 469. The van der Waals surface area contributed by atoms with Gasteiger partial charge in [0.15, 0.2) is 5.96 Å². The van der Waals surface area contributed by atoms with Gasteiger partial charge in [-0.3, -0.25) is 9.89 Å². The monoisotopic (exact) mass is 300 g/mol. The molecule has 0 spiro atoms. The van der Waals surface area contributed by atoms with Crippen molar-refractivity contribution >= 4 is 5.96 Å². The Kier molecular flexibility index (Phi) is 6.97. The largest absolute Gasteiger partial charge is 0.357 e. The molecule has 2 rings (SSSR count). The first-order chi connectivity index (χ1) is 10.8. The number of rotatable bonds is 7. The van der Waals surface area contributed by atoms with Gasteiger partial charge in [-0.1, -0.05) is 36.4 Å². The SMILES string of the molecule is C=CCNC(=NCC1CCCN1Cc1ccccc1)NCC. The van der Waals surface area contributed by atoms with Crippen LogP contribution in [0, 0.1) is 0 Å². The first-order valence-corrected chi connectivity index (χ1v) is 8.24. The lowest BCUT2D eigenvalue weighted by Crippen LogP contribution is -2.39. The van der Waals surface area contributed by atoms with Crippen LogP contribution in [0.1, 0.15) is 25.3 Å². The van der Waals surface area contributed by atoms with Crippen molar-refractivity contribution in [3.63, 3.8) is 0 Å². The highest BCUT2D eigenvalue weighted by Gasteiger charge is 2.24. The van der Waals surface area contributed by atoms with Crippen molar-refractivity contribution in [1.29, 1.82) is 0 Å². The van der Waals surface area contributed by atoms with Gasteiger partial charge < -0.3 is 10.6 Å². The van der Waals surface area contributed by atoms with Crippen LogP contribution in [0.3, 0.4) is 0 Å². The molecule has 1 aromatic carbocycles. The number of benzene rings is 1. The molecule has 22 heavy (non-hydrogen) atoms. The van der Waals surface area contributed by atoms with Crippen molar-refractivity contribution in [3.8, 4) is 0 Å². The van der Waals surface area contributed by atoms with Gasteiger partial charge in [-0.2, -0.15) is 0 Å². The molecule has 0 amide bonds. The van der Waals surface area contributed by atoms with E-state index in [1.54, 1.807) is 0 Å². The minimum Gasteiger partial charge on any atom is -0.357 e. The van der Waals surface area contributed by atoms with Gasteiger partial charge in [-0.05, 0) is 31.9 Å². The van der Waals surface area contributed by atoms with Crippen molar-refractivity contribution in [2.24, 2.45) is 4.99 Å². The second-order valence-electron chi connectivity index (χ2n) is 5.64. The Morgan fingerprint density at radius 2 is 2.18 bits per heavy atom. The van der Waals surface area contributed by atoms with E-state index in [9.17, 15) is 0 Å². The summed E-state index contributed by atoms with van der Waals surface area (Å²) in [5.41, 5.74) is 1.38. The normalized spacial score (nSPS) is 19.1. The van der Waals surface area contributed by atoms with Crippen molar-refractivity contribution in [1.82, 2.24) is 15.5 Å². The number of nitrogens with one attached hydrogen (secondary N) is 2. The molecule has 4 nitrogen and oxygen atoms in total. The summed E-state index contributed by atoms with van der Waals surface area (Å²) in [4.78, 5) is 7.28. The molecule has 0 aromatic heterocycles. The molecule has 1 aliphatic rings. The molecule has 1 heterocycles. The molecule has 0 aliphatic carbocycles. The zero-order valence-electron chi connectivity index (χ0n) is 13.6. The second-order valence-corrected chi connectivity index (χ2v) is 5.64. The zero-order valence-corrected chi connectivity index (χ0v) is 13.6. The van der Waals surface area contributed by atoms with Crippen molar-refractivity contribution in [3.05, 3.63) is 48.6 Å². The van der Waals surface area contributed by atoms with Gasteiger partial charge in [0.25, 0.3) is 0 Å². The molecule has 1 aromatic rings. The van der Waals surface area contributed by atoms with Gasteiger partial charge in [-0.15, -0.1) is 6.58 Å². The number of likely N-dealkylation sites (tertiary alicyclic amines) is 1. The van der Waals surface area contributed by atoms with Crippen LogP contribution >= 0.6 is 0 Å². The molecule has 0 bridgehead atoms. The quantitative estimate of drug-likeness (QED) is 0.461. The highest BCUT2D eigenvalue weighted by atomic mass is 15.2. The van der Waals surface area contributed by atoms with Gasteiger partial charge >= 0.3 is 0 Å². The maximum atomic E-state index is 4.73. The number of hydrogen-bond acceptors (Lipinski definition) is 2. The van der Waals surface area contributed by atoms with Crippen LogP contribution in [0.25, 0.3) is 0 Å². The molecule has 1 saturated heterocycles. The van der Waals surface area contributed by atoms with Gasteiger partial charge in [0.05, 0.1) is 6.54 Å². The first kappa shape index (κ1) is 16.6. The Balaban J connectivity index is 1.90. The number of aliphatic imine (C=N–C) groups is 1. The van der Waals surface area contributed by atoms with Crippen molar-refractivity contribution < 1.29 is 0 Å². The Labute approximate surface area is 134 Å². The van der Waals surface area contributed by atoms with Crippen LogP contribution in [0.15, 0.2) is 48.0 Å². The molecule has 1 unspecified atom stereocenters. The lowest BCUT2D eigenvalue weighted by atomic mass is 10.2. The highest BCUT2D eigenvalue weighted by molar-refractivity contribution is 5.79. The predicted molar refractivity (Wildman–Crippen MR) is 94.1 cm³/mol. The lowest BCUT2D eigenvalue weighted by molar-refractivity contribution is 0.250. The van der Waals surface area contributed by atoms with Crippen LogP contribution in [-0.2, 0) is 6.54 Å². The van der Waals surface area contributed by atoms with E-state index < -0.39 is 0 Å². The van der Waals surface area contributed by atoms with Crippen LogP contribution in [0.4, 0.5) is 0 Å². The highest BCUT2D eigenvalue weighted by Crippen LogP contribution is 2.20. The summed E-state index contributed by atoms with van der Waals surface area (Å²) in [6, 6.07) is 11.2. The van der Waals surface area contributed by atoms with Gasteiger partial charge in [0, 0.05) is 25.7 Å². The fourth-order valence-electron chi connectivity index (χ4n) is 2.84. The van der Waals surface area contributed by atoms with E-state index in [0.717, 1.165) is 32.1 Å². The third-order valence-electron chi connectivity index (χ3n) is 3.95. The number of nitrogens with zero attached hydrogens (tertiary/aromatic N) is 2. The summed E-state index contributed by atoms with van der Waals surface area (Å²) in [5, 5.41) is 6.54. The van der Waals surface area contributed by atoms with Crippen LogP contribution < -0.4 is 10.6 Å². The van der Waals surface area contributed by atoms with E-state index in [1.165, 1.54) is 24.9 Å². The number of guanidine groups is 1. The molecule has 0 radical (unpaired) electrons. The zero-order chi connectivity index (χ0) is 15.6. The molecule has 1 aliphatic heterocycles. The van der Waals surface area contributed by atoms with Gasteiger partial charge in [-0.25, -0.2) is 0 Å². The van der Waals surface area contributed by atoms with Crippen LogP contribution in [-0.4, -0.2) is 43.1 Å². The maximum Gasteiger partial charge on any atom is 0.191 e. The lowest BCUT2D eigenvalue weighted by Gasteiger charge is -2.23. The molecule has 1 fully saturated rings. The predicted octanol–water partition coefficient (Wildman–Crippen LogP) is 2.39. The molecule has 0 saturated carbocycles. The molecule has 2 N–H and O–H groups in total. The molecule has 120 valence electrons. The molecular formula is C18H28N4. The van der Waals surface area contributed by atoms with E-state index in [1.807, 2.05) is 6.08 Å². The van der Waals surface area contributed by atoms with E-state index in [-0.39, 0.29) is 0 Å². The summed E-state index contributed by atoms with van der Waals surface area (Å²) in [5.74, 6) is 0.883. The smallest absolute Gasteiger partial charge is 0.191 e. The van der Waals surface area contributed by atoms with E-state index in [4.69, 9.17) is 4.99 Å². The summed E-state index contributed by atoms with van der Waals surface area (Å²) >= 11 is 0. The summed E-state index contributed by atoms with van der Waals surface area (Å²) in [6.07, 6.45) is 4.35. The maximum absolute atomic E-state index is 4.73. The van der Waals surface area contributed by atoms with E-state index in [0.29, 0.717) is 6.04 Å². The third-order valence-corrected chi connectivity index (χ3v) is 3.95. The topological polar surface area (TPSA) is 39.7 Å². The van der Waals surface area contributed by atoms with Gasteiger partial charge in [0.1, 0.15) is 0 Å². The van der Waals surface area contributed by atoms with Gasteiger partial charge in [0.2, 0.25) is 0 Å². The molecular weight excluding hydrogens is 272 g/mol. The Morgan fingerprint density at radius 3 is 2.91 bits per heavy atom. The average molecular weight is 300 g/mol. The van der Waals surface area contributed by atoms with E-state index in [2.05, 4.69) is 59.4 Å². The summed E-state index contributed by atoms with van der Waals surface area (Å²) in [6.45, 7) is 10.5. The fourth-order valence-corrected chi connectivity index (χ4v) is 2.84. The standard InChI is InChI=1S/C18H28N4/c1-3-12-20-18(19-4-2)21-14-17-11-8-13-22(17)15-16-9-6-5-7-10-16/h3,5-7,9-10,17H,1,4,8,11-15H2,2H3,(H2,19,20,21). The average Bonchev–Trinajstić information content (AvgIpc) is 2.98. The first-order valence-electron chi connectivity index (χ1n) is 8.24. The van der Waals surface area contributed by atoms with Crippen molar-refractivity contribution in [2.45, 2.75) is 32.4 Å². The van der Waals surface area contributed by atoms with Crippen LogP contribution in [0.5, 0.6) is 0 Å². The van der Waals surface area contributed by atoms with Crippen LogP contribution in [0.2, 0.25) is 0 Å². The third kappa shape index (κ3) is 5.19. The minimum absolute atomic E-state index is 0.541. The second kappa shape index (κ2) is 9.26.